The summed E-state index contributed by atoms with van der Waals surface area (Å²) in [4.78, 5) is 134. The van der Waals surface area contributed by atoms with Crippen LogP contribution in [0, 0.1) is 17.8 Å². The fraction of sp³-hybridized carbons (Fsp3) is 0.767. The predicted octanol–water partition coefficient (Wildman–Crippen LogP) is -2.39. The number of aliphatic hydroxyl groups excluding tert-OH is 1. The van der Waals surface area contributed by atoms with E-state index in [2.05, 4.69) is 42.5 Å². The maximum atomic E-state index is 13.7. The van der Waals surface area contributed by atoms with E-state index in [4.69, 9.17) is 0 Å². The van der Waals surface area contributed by atoms with E-state index in [1.807, 2.05) is 13.8 Å². The molecule has 0 aromatic carbocycles. The Kier molecular flexibility index (Phi) is 21.0. The third-order valence-electron chi connectivity index (χ3n) is 11.7. The summed E-state index contributed by atoms with van der Waals surface area (Å²) < 4.78 is 0. The van der Waals surface area contributed by atoms with E-state index in [-0.39, 0.29) is 49.6 Å². The van der Waals surface area contributed by atoms with Gasteiger partial charge >= 0.3 is 5.97 Å². The van der Waals surface area contributed by atoms with Gasteiger partial charge in [0.25, 0.3) is 0 Å². The maximum absolute atomic E-state index is 13.7. The molecule has 3 fully saturated rings. The minimum Gasteiger partial charge on any atom is -0.480 e. The van der Waals surface area contributed by atoms with Crippen molar-refractivity contribution >= 4 is 59.1 Å². The predicted molar refractivity (Wildman–Crippen MR) is 235 cm³/mol. The number of nitrogens with one attached hydrogen (secondary N) is 8. The van der Waals surface area contributed by atoms with Crippen LogP contribution in [0.2, 0.25) is 0 Å². The Balaban J connectivity index is 1.57. The minimum atomic E-state index is -1.51. The van der Waals surface area contributed by atoms with Crippen molar-refractivity contribution in [3.8, 4) is 0 Å². The second-order valence-electron chi connectivity index (χ2n) is 18.5. The molecule has 3 aliphatic rings. The first-order valence-corrected chi connectivity index (χ1v) is 22.8. The molecule has 65 heavy (non-hydrogen) atoms. The van der Waals surface area contributed by atoms with Crippen LogP contribution < -0.4 is 42.5 Å². The largest absolute Gasteiger partial charge is 0.480 e. The molecular weight excluding hydrogens is 849 g/mol. The lowest BCUT2D eigenvalue weighted by Gasteiger charge is -2.30. The van der Waals surface area contributed by atoms with Gasteiger partial charge in [-0.25, -0.2) is 4.79 Å². The Morgan fingerprint density at radius 1 is 0.600 bits per heavy atom. The third-order valence-corrected chi connectivity index (χ3v) is 11.7. The number of carboxylic acids is 1. The molecule has 3 saturated heterocycles. The molecule has 10 N–H and O–H groups in total. The topological polar surface area (TPSA) is 314 Å². The van der Waals surface area contributed by atoms with Crippen molar-refractivity contribution in [2.45, 2.75) is 161 Å². The zero-order valence-corrected chi connectivity index (χ0v) is 39.0. The first-order valence-electron chi connectivity index (χ1n) is 22.8. The highest BCUT2D eigenvalue weighted by Crippen LogP contribution is 2.22. The number of carbonyl (C=O) groups is 10. The van der Waals surface area contributed by atoms with E-state index in [0.717, 1.165) is 13.0 Å². The zero-order valence-electron chi connectivity index (χ0n) is 39.0. The SMILES string of the molecule is CC(C)C[C@H](NC(=O)CNC(=O)[C@H](C)NC(=O)[C@@H](NC(=O)[C@@H]1CCCN1C(=O)[C@H](C)NC(=O)[C@H](CO)NC(=O)[C@H](CC(C)C)NC(=O)[C@@H]1CCCN1C(=O)[C@@H]1CCCN1)C(C)C)C(=O)O. The zero-order chi connectivity index (χ0) is 48.7. The highest BCUT2D eigenvalue weighted by Gasteiger charge is 2.41. The van der Waals surface area contributed by atoms with Crippen LogP contribution in [-0.2, 0) is 47.9 Å². The lowest BCUT2D eigenvalue weighted by atomic mass is 10.0. The molecule has 0 bridgehead atoms. The van der Waals surface area contributed by atoms with Gasteiger partial charge in [0, 0.05) is 13.1 Å². The van der Waals surface area contributed by atoms with E-state index in [1.54, 1.807) is 32.6 Å². The number of aliphatic carboxylic acids is 1. The van der Waals surface area contributed by atoms with Crippen LogP contribution in [0.25, 0.3) is 0 Å². The van der Waals surface area contributed by atoms with Crippen LogP contribution in [0.15, 0.2) is 0 Å². The molecule has 0 saturated carbocycles. The molecule has 366 valence electrons. The van der Waals surface area contributed by atoms with Crippen LogP contribution >= 0.6 is 0 Å². The quantitative estimate of drug-likeness (QED) is 0.0513. The standard InChI is InChI=1S/C43H72N10O12/c1-22(2)18-28(49-38(59)31-13-11-17-53(31)42(63)27-12-9-15-44-27)36(57)50-30(21-54)37(58)47-26(8)41(62)52-16-10-14-32(52)39(60)51-34(24(5)6)40(61)46-25(7)35(56)45-20-33(55)48-29(43(64)65)19-23(3)4/h22-32,34,44,54H,9-21H2,1-8H3,(H,45,56)(H,46,61)(H,47,58)(H,48,55)(H,49,59)(H,50,57)(H,51,60)(H,64,65)/t25-,26-,27-,28-,29-,30-,31-,32-,34-/m0/s1. The van der Waals surface area contributed by atoms with Gasteiger partial charge in [-0.1, -0.05) is 41.5 Å². The summed E-state index contributed by atoms with van der Waals surface area (Å²) in [5.41, 5.74) is 0. The van der Waals surface area contributed by atoms with Crippen LogP contribution in [0.4, 0.5) is 0 Å². The Hall–Kier alpha value is -5.38. The molecule has 9 amide bonds. The Morgan fingerprint density at radius 2 is 1.15 bits per heavy atom. The smallest absolute Gasteiger partial charge is 0.326 e. The van der Waals surface area contributed by atoms with E-state index in [0.29, 0.717) is 32.2 Å². The molecule has 3 heterocycles. The molecule has 0 spiro atoms. The molecule has 22 heteroatoms. The molecular formula is C43H72N10O12. The van der Waals surface area contributed by atoms with E-state index in [1.165, 1.54) is 18.7 Å². The molecule has 0 aromatic heterocycles. The fourth-order valence-corrected chi connectivity index (χ4v) is 8.18. The van der Waals surface area contributed by atoms with Crippen molar-refractivity contribution in [2.24, 2.45) is 17.8 Å². The van der Waals surface area contributed by atoms with Crippen LogP contribution in [0.1, 0.15) is 107 Å². The Labute approximate surface area is 380 Å². The van der Waals surface area contributed by atoms with Gasteiger partial charge in [0.15, 0.2) is 0 Å². The summed E-state index contributed by atoms with van der Waals surface area (Å²) in [6.07, 6.45) is 3.66. The van der Waals surface area contributed by atoms with E-state index >= 15 is 0 Å². The summed E-state index contributed by atoms with van der Waals surface area (Å²) in [5.74, 6) is -7.48. The molecule has 3 rings (SSSR count). The molecule has 3 aliphatic heterocycles. The van der Waals surface area contributed by atoms with Crippen molar-refractivity contribution in [2.75, 3.05) is 32.8 Å². The average molecular weight is 921 g/mol. The summed E-state index contributed by atoms with van der Waals surface area (Å²) in [7, 11) is 0. The maximum Gasteiger partial charge on any atom is 0.326 e. The van der Waals surface area contributed by atoms with Crippen molar-refractivity contribution in [3.63, 3.8) is 0 Å². The summed E-state index contributed by atoms with van der Waals surface area (Å²) in [6.45, 7) is 13.3. The number of amides is 9. The van der Waals surface area contributed by atoms with Gasteiger partial charge in [-0.2, -0.15) is 0 Å². The lowest BCUT2D eigenvalue weighted by Crippen LogP contribution is -2.60. The molecule has 0 radical (unpaired) electrons. The summed E-state index contributed by atoms with van der Waals surface area (Å²) in [5, 5.41) is 40.3. The number of likely N-dealkylation sites (tertiary alicyclic amines) is 2. The number of hydrogen-bond donors (Lipinski definition) is 10. The monoisotopic (exact) mass is 921 g/mol. The fourth-order valence-electron chi connectivity index (χ4n) is 8.18. The first-order chi connectivity index (χ1) is 30.5. The number of carbonyl (C=O) groups excluding carboxylic acids is 9. The van der Waals surface area contributed by atoms with Crippen LogP contribution in [0.5, 0.6) is 0 Å². The number of hydrogen-bond acceptors (Lipinski definition) is 12. The highest BCUT2D eigenvalue weighted by molar-refractivity contribution is 5.98. The molecule has 0 aliphatic carbocycles. The summed E-state index contributed by atoms with van der Waals surface area (Å²) in [6, 6.07) is -9.39. The van der Waals surface area contributed by atoms with Gasteiger partial charge < -0.3 is 62.5 Å². The van der Waals surface area contributed by atoms with Crippen LogP contribution in [0.3, 0.4) is 0 Å². The minimum absolute atomic E-state index is 0.0101. The van der Waals surface area contributed by atoms with Crippen molar-refractivity contribution in [3.05, 3.63) is 0 Å². The number of carboxylic acid groups (broad SMARTS) is 1. The highest BCUT2D eigenvalue weighted by atomic mass is 16.4. The van der Waals surface area contributed by atoms with Gasteiger partial charge in [0.05, 0.1) is 19.2 Å². The normalized spacial score (nSPS) is 21.1. The third kappa shape index (κ3) is 15.9. The van der Waals surface area contributed by atoms with E-state index in [9.17, 15) is 58.2 Å². The summed E-state index contributed by atoms with van der Waals surface area (Å²) >= 11 is 0. The lowest BCUT2D eigenvalue weighted by molar-refractivity contribution is -0.142. The Morgan fingerprint density at radius 3 is 1.71 bits per heavy atom. The van der Waals surface area contributed by atoms with Gasteiger partial charge in [-0.05, 0) is 89.5 Å². The molecule has 22 nitrogen and oxygen atoms in total. The molecule has 0 unspecified atom stereocenters. The number of nitrogens with zero attached hydrogens (tertiary/aromatic N) is 2. The van der Waals surface area contributed by atoms with Crippen LogP contribution in [-0.4, -0.2) is 166 Å². The second-order valence-corrected chi connectivity index (χ2v) is 18.5. The van der Waals surface area contributed by atoms with Crippen molar-refractivity contribution in [1.82, 2.24) is 52.3 Å². The van der Waals surface area contributed by atoms with Gasteiger partial charge in [0.2, 0.25) is 53.2 Å². The molecule has 9 atom stereocenters. The Bertz CT molecular complexity index is 1740. The number of rotatable bonds is 23. The van der Waals surface area contributed by atoms with Gasteiger partial charge in [-0.3, -0.25) is 43.2 Å². The van der Waals surface area contributed by atoms with Gasteiger partial charge in [0.1, 0.15) is 48.3 Å². The first kappa shape index (κ1) is 54.0. The van der Waals surface area contributed by atoms with E-state index < -0.39 is 121 Å². The number of aliphatic hydroxyl groups is 1. The van der Waals surface area contributed by atoms with Crippen molar-refractivity contribution in [1.29, 1.82) is 0 Å². The van der Waals surface area contributed by atoms with Gasteiger partial charge in [-0.15, -0.1) is 0 Å². The average Bonchev–Trinajstić information content (AvgIpc) is 4.05. The second kappa shape index (κ2) is 25.4. The van der Waals surface area contributed by atoms with Crippen molar-refractivity contribution < 1.29 is 58.2 Å². The molecule has 0 aromatic rings.